The summed E-state index contributed by atoms with van der Waals surface area (Å²) in [6.45, 7) is 3.04. The monoisotopic (exact) mass is 373 g/mol. The van der Waals surface area contributed by atoms with E-state index in [-0.39, 0.29) is 25.9 Å². The predicted molar refractivity (Wildman–Crippen MR) is 101 cm³/mol. The lowest BCUT2D eigenvalue weighted by Gasteiger charge is -2.34. The van der Waals surface area contributed by atoms with E-state index in [2.05, 4.69) is 14.5 Å². The van der Waals surface area contributed by atoms with Crippen molar-refractivity contribution in [2.75, 3.05) is 39.5 Å². The third-order valence-corrected chi connectivity index (χ3v) is 5.43. The number of aliphatic hydroxyl groups excluding tert-OH is 2. The SMILES string of the molecule is OCCOc1cccc(-c2nccn2[C@@H]2C[C@H]3CO[C@@H](CCO)CN3C2)c1. The predicted octanol–water partition coefficient (Wildman–Crippen LogP) is 1.32. The van der Waals surface area contributed by atoms with Gasteiger partial charge in [-0.25, -0.2) is 4.98 Å². The highest BCUT2D eigenvalue weighted by molar-refractivity contribution is 5.58. The number of rotatable bonds is 7. The smallest absolute Gasteiger partial charge is 0.140 e. The lowest BCUT2D eigenvalue weighted by Crippen LogP contribution is -2.46. The van der Waals surface area contributed by atoms with Crippen molar-refractivity contribution in [1.29, 1.82) is 0 Å². The van der Waals surface area contributed by atoms with Gasteiger partial charge in [0.1, 0.15) is 18.2 Å². The number of ether oxygens (including phenoxy) is 2. The number of imidazole rings is 1. The molecular formula is C20H27N3O4. The number of benzene rings is 1. The Kier molecular flexibility index (Phi) is 5.73. The van der Waals surface area contributed by atoms with Gasteiger partial charge in [-0.1, -0.05) is 12.1 Å². The zero-order valence-corrected chi connectivity index (χ0v) is 15.4. The maximum absolute atomic E-state index is 9.17. The number of morpholine rings is 1. The fraction of sp³-hybridized carbons (Fsp3) is 0.550. The average molecular weight is 373 g/mol. The first kappa shape index (κ1) is 18.4. The van der Waals surface area contributed by atoms with Gasteiger partial charge >= 0.3 is 0 Å². The zero-order chi connectivity index (χ0) is 18.6. The number of fused-ring (bicyclic) bond motifs is 1. The van der Waals surface area contributed by atoms with Gasteiger partial charge in [0.2, 0.25) is 0 Å². The van der Waals surface area contributed by atoms with Gasteiger partial charge < -0.3 is 24.3 Å². The zero-order valence-electron chi connectivity index (χ0n) is 15.4. The van der Waals surface area contributed by atoms with Gasteiger partial charge in [0.25, 0.3) is 0 Å². The van der Waals surface area contributed by atoms with E-state index in [1.165, 1.54) is 0 Å². The first-order chi connectivity index (χ1) is 13.3. The summed E-state index contributed by atoms with van der Waals surface area (Å²) < 4.78 is 13.7. The van der Waals surface area contributed by atoms with Gasteiger partial charge in [-0.15, -0.1) is 0 Å². The Bertz CT molecular complexity index is 750. The van der Waals surface area contributed by atoms with E-state index in [9.17, 15) is 0 Å². The number of hydrogen-bond donors (Lipinski definition) is 2. The summed E-state index contributed by atoms with van der Waals surface area (Å²) in [5.74, 6) is 1.67. The molecule has 0 amide bonds. The highest BCUT2D eigenvalue weighted by Crippen LogP contribution is 2.34. The van der Waals surface area contributed by atoms with Gasteiger partial charge in [-0.3, -0.25) is 4.90 Å². The molecule has 2 aliphatic heterocycles. The van der Waals surface area contributed by atoms with Crippen molar-refractivity contribution < 1.29 is 19.7 Å². The maximum Gasteiger partial charge on any atom is 0.140 e. The van der Waals surface area contributed by atoms with Crippen LogP contribution in [0.2, 0.25) is 0 Å². The molecular weight excluding hydrogens is 346 g/mol. The molecule has 2 N–H and O–H groups in total. The standard InChI is InChI=1S/C20H27N3O4/c24-7-4-19-13-22-12-16(11-17(22)14-27-19)23-6-5-21-20(23)15-2-1-3-18(10-15)26-9-8-25/h1-3,5-6,10,16-17,19,24-25H,4,7-9,11-14H2/t16-,17+,19+/m1/s1. The van der Waals surface area contributed by atoms with Crippen LogP contribution < -0.4 is 4.74 Å². The second-order valence-corrected chi connectivity index (χ2v) is 7.22. The number of aromatic nitrogens is 2. The largest absolute Gasteiger partial charge is 0.491 e. The Morgan fingerprint density at radius 2 is 2.11 bits per heavy atom. The average Bonchev–Trinajstić information content (AvgIpc) is 3.33. The summed E-state index contributed by atoms with van der Waals surface area (Å²) >= 11 is 0. The molecule has 4 rings (SSSR count). The summed E-state index contributed by atoms with van der Waals surface area (Å²) in [5.41, 5.74) is 1.01. The highest BCUT2D eigenvalue weighted by Gasteiger charge is 2.38. The van der Waals surface area contributed by atoms with Crippen molar-refractivity contribution in [3.8, 4) is 17.1 Å². The van der Waals surface area contributed by atoms with E-state index < -0.39 is 0 Å². The molecule has 1 aromatic carbocycles. The van der Waals surface area contributed by atoms with Crippen molar-refractivity contribution in [3.63, 3.8) is 0 Å². The van der Waals surface area contributed by atoms with Gasteiger partial charge in [0.15, 0.2) is 0 Å². The molecule has 0 unspecified atom stereocenters. The quantitative estimate of drug-likeness (QED) is 0.762. The normalized spacial score (nSPS) is 25.5. The molecule has 0 saturated carbocycles. The van der Waals surface area contributed by atoms with E-state index in [1.807, 2.05) is 36.7 Å². The van der Waals surface area contributed by atoms with Crippen molar-refractivity contribution in [2.45, 2.75) is 31.0 Å². The van der Waals surface area contributed by atoms with Crippen molar-refractivity contribution >= 4 is 0 Å². The minimum atomic E-state index is -0.00248. The van der Waals surface area contributed by atoms with Crippen LogP contribution in [0.3, 0.4) is 0 Å². The Morgan fingerprint density at radius 1 is 1.19 bits per heavy atom. The van der Waals surface area contributed by atoms with E-state index in [1.54, 1.807) is 0 Å². The fourth-order valence-electron chi connectivity index (χ4n) is 4.16. The highest BCUT2D eigenvalue weighted by atomic mass is 16.5. The Morgan fingerprint density at radius 3 is 2.96 bits per heavy atom. The third kappa shape index (κ3) is 4.01. The molecule has 2 saturated heterocycles. The molecule has 7 heteroatoms. The van der Waals surface area contributed by atoms with Crippen LogP contribution in [0.15, 0.2) is 36.7 Å². The van der Waals surface area contributed by atoms with E-state index in [0.29, 0.717) is 18.5 Å². The fourth-order valence-corrected chi connectivity index (χ4v) is 4.16. The van der Waals surface area contributed by atoms with Gasteiger partial charge in [-0.2, -0.15) is 0 Å². The van der Waals surface area contributed by atoms with Crippen molar-refractivity contribution in [3.05, 3.63) is 36.7 Å². The van der Waals surface area contributed by atoms with E-state index >= 15 is 0 Å². The molecule has 2 fully saturated rings. The lowest BCUT2D eigenvalue weighted by molar-refractivity contribution is -0.0567. The van der Waals surface area contributed by atoms with Crippen LogP contribution in [0.5, 0.6) is 5.75 Å². The van der Waals surface area contributed by atoms with Crippen LogP contribution in [-0.4, -0.2) is 76.3 Å². The number of aliphatic hydroxyl groups is 2. The molecule has 7 nitrogen and oxygen atoms in total. The molecule has 0 bridgehead atoms. The molecule has 2 aliphatic rings. The molecule has 0 radical (unpaired) electrons. The first-order valence-electron chi connectivity index (χ1n) is 9.62. The summed E-state index contributed by atoms with van der Waals surface area (Å²) in [6, 6.07) is 8.63. The topological polar surface area (TPSA) is 80.0 Å². The third-order valence-electron chi connectivity index (χ3n) is 5.43. The van der Waals surface area contributed by atoms with Crippen molar-refractivity contribution in [2.24, 2.45) is 0 Å². The number of hydrogen-bond acceptors (Lipinski definition) is 6. The second-order valence-electron chi connectivity index (χ2n) is 7.22. The van der Waals surface area contributed by atoms with E-state index in [4.69, 9.17) is 19.7 Å². The molecule has 0 spiro atoms. The van der Waals surface area contributed by atoms with E-state index in [0.717, 1.165) is 43.3 Å². The van der Waals surface area contributed by atoms with Gasteiger partial charge in [0, 0.05) is 49.7 Å². The summed E-state index contributed by atoms with van der Waals surface area (Å²) in [6.07, 6.45) is 5.76. The Hall–Kier alpha value is -1.93. The van der Waals surface area contributed by atoms with Crippen LogP contribution in [-0.2, 0) is 4.74 Å². The van der Waals surface area contributed by atoms with Crippen LogP contribution in [0.4, 0.5) is 0 Å². The number of nitrogens with zero attached hydrogens (tertiary/aromatic N) is 3. The molecule has 146 valence electrons. The van der Waals surface area contributed by atoms with Crippen LogP contribution in [0, 0.1) is 0 Å². The molecule has 3 atom stereocenters. The summed E-state index contributed by atoms with van der Waals surface area (Å²) in [4.78, 5) is 7.07. The molecule has 1 aromatic heterocycles. The molecule has 27 heavy (non-hydrogen) atoms. The van der Waals surface area contributed by atoms with Gasteiger partial charge in [-0.05, 0) is 25.0 Å². The molecule has 0 aliphatic carbocycles. The molecule has 2 aromatic rings. The lowest BCUT2D eigenvalue weighted by atomic mass is 10.1. The van der Waals surface area contributed by atoms with Gasteiger partial charge in [0.05, 0.1) is 19.3 Å². The van der Waals surface area contributed by atoms with Crippen LogP contribution in [0.1, 0.15) is 18.9 Å². The van der Waals surface area contributed by atoms with Crippen molar-refractivity contribution in [1.82, 2.24) is 14.5 Å². The summed E-state index contributed by atoms with van der Waals surface area (Å²) in [5, 5.41) is 18.1. The van der Waals surface area contributed by atoms with Crippen LogP contribution >= 0.6 is 0 Å². The first-order valence-corrected chi connectivity index (χ1v) is 9.62. The Labute approximate surface area is 159 Å². The Balaban J connectivity index is 1.50. The molecule has 3 heterocycles. The summed E-state index contributed by atoms with van der Waals surface area (Å²) in [7, 11) is 0. The minimum absolute atomic E-state index is 0.00248. The van der Waals surface area contributed by atoms with Crippen LogP contribution in [0.25, 0.3) is 11.4 Å². The minimum Gasteiger partial charge on any atom is -0.491 e. The second kappa shape index (κ2) is 8.39. The maximum atomic E-state index is 9.17.